The summed E-state index contributed by atoms with van der Waals surface area (Å²) in [5, 5.41) is 0. The van der Waals surface area contributed by atoms with Crippen LogP contribution in [0.5, 0.6) is 11.5 Å². The zero-order valence-corrected chi connectivity index (χ0v) is 10.8. The molecule has 1 aromatic carbocycles. The first-order valence-corrected chi connectivity index (χ1v) is 5.70. The van der Waals surface area contributed by atoms with Gasteiger partial charge in [0.15, 0.2) is 0 Å². The summed E-state index contributed by atoms with van der Waals surface area (Å²) in [7, 11) is 5.00. The second-order valence-electron chi connectivity index (χ2n) is 3.75. The van der Waals surface area contributed by atoms with Crippen molar-refractivity contribution >= 4 is 0 Å². The van der Waals surface area contributed by atoms with Gasteiger partial charge in [-0.2, -0.15) is 0 Å². The van der Waals surface area contributed by atoms with Gasteiger partial charge in [0, 0.05) is 18.2 Å². The van der Waals surface area contributed by atoms with Gasteiger partial charge in [-0.05, 0) is 31.5 Å². The predicted octanol–water partition coefficient (Wildman–Crippen LogP) is 1.74. The number of benzene rings is 1. The average Bonchev–Trinajstić information content (AvgIpc) is 2.37. The molecule has 96 valence electrons. The van der Waals surface area contributed by atoms with Gasteiger partial charge < -0.3 is 19.9 Å². The minimum Gasteiger partial charge on any atom is -0.496 e. The van der Waals surface area contributed by atoms with Gasteiger partial charge in [0.1, 0.15) is 11.5 Å². The van der Waals surface area contributed by atoms with Crippen LogP contribution >= 0.6 is 0 Å². The number of hydrogen-bond acceptors (Lipinski definition) is 4. The maximum atomic E-state index is 5.56. The van der Waals surface area contributed by atoms with E-state index in [0.29, 0.717) is 13.2 Å². The van der Waals surface area contributed by atoms with Crippen molar-refractivity contribution in [3.05, 3.63) is 23.3 Å². The van der Waals surface area contributed by atoms with Crippen LogP contribution in [0.3, 0.4) is 0 Å². The highest BCUT2D eigenvalue weighted by molar-refractivity contribution is 5.48. The van der Waals surface area contributed by atoms with Crippen molar-refractivity contribution in [1.29, 1.82) is 0 Å². The summed E-state index contributed by atoms with van der Waals surface area (Å²) >= 11 is 0. The van der Waals surface area contributed by atoms with E-state index < -0.39 is 0 Å². The molecule has 0 bridgehead atoms. The van der Waals surface area contributed by atoms with E-state index in [1.807, 2.05) is 12.1 Å². The van der Waals surface area contributed by atoms with Gasteiger partial charge >= 0.3 is 0 Å². The van der Waals surface area contributed by atoms with Crippen LogP contribution in [0.25, 0.3) is 0 Å². The van der Waals surface area contributed by atoms with Gasteiger partial charge in [0.25, 0.3) is 0 Å². The predicted molar refractivity (Wildman–Crippen MR) is 67.6 cm³/mol. The summed E-state index contributed by atoms with van der Waals surface area (Å²) in [6.07, 6.45) is 1.79. The molecule has 17 heavy (non-hydrogen) atoms. The van der Waals surface area contributed by atoms with Crippen LogP contribution in [-0.4, -0.2) is 27.9 Å². The Morgan fingerprint density at radius 1 is 1.00 bits per heavy atom. The van der Waals surface area contributed by atoms with Gasteiger partial charge in [0.05, 0.1) is 20.8 Å². The van der Waals surface area contributed by atoms with Crippen LogP contribution in [0.1, 0.15) is 17.5 Å². The molecule has 0 heterocycles. The van der Waals surface area contributed by atoms with Gasteiger partial charge in [0.2, 0.25) is 0 Å². The smallest absolute Gasteiger partial charge is 0.124 e. The molecule has 0 saturated heterocycles. The molecular formula is C13H21NO3. The molecule has 2 N–H and O–H groups in total. The molecule has 0 aliphatic rings. The standard InChI is InChI=1S/C13H21NO3/c1-15-9-11-10(5-4-8-14)12(16-2)6-7-13(11)17-3/h6-7H,4-5,8-9,14H2,1-3H3. The summed E-state index contributed by atoms with van der Waals surface area (Å²) in [6.45, 7) is 1.17. The Morgan fingerprint density at radius 3 is 2.06 bits per heavy atom. The molecule has 4 nitrogen and oxygen atoms in total. The minimum absolute atomic E-state index is 0.514. The lowest BCUT2D eigenvalue weighted by Gasteiger charge is -2.16. The SMILES string of the molecule is COCc1c(OC)ccc(OC)c1CCCN. The van der Waals surface area contributed by atoms with E-state index >= 15 is 0 Å². The maximum Gasteiger partial charge on any atom is 0.124 e. The van der Waals surface area contributed by atoms with Crippen LogP contribution in [0.2, 0.25) is 0 Å². The Kier molecular flexibility index (Phi) is 5.80. The maximum absolute atomic E-state index is 5.56. The molecule has 0 radical (unpaired) electrons. The van der Waals surface area contributed by atoms with Crippen molar-refractivity contribution in [3.63, 3.8) is 0 Å². The van der Waals surface area contributed by atoms with Gasteiger partial charge in [-0.25, -0.2) is 0 Å². The Balaban J connectivity index is 3.15. The lowest BCUT2D eigenvalue weighted by Crippen LogP contribution is -2.06. The number of ether oxygens (including phenoxy) is 3. The first-order valence-electron chi connectivity index (χ1n) is 5.70. The second kappa shape index (κ2) is 7.14. The topological polar surface area (TPSA) is 53.7 Å². The van der Waals surface area contributed by atoms with Crippen molar-refractivity contribution in [1.82, 2.24) is 0 Å². The number of hydrogen-bond donors (Lipinski definition) is 1. The monoisotopic (exact) mass is 239 g/mol. The Morgan fingerprint density at radius 2 is 1.59 bits per heavy atom. The van der Waals surface area contributed by atoms with E-state index in [0.717, 1.165) is 35.5 Å². The van der Waals surface area contributed by atoms with Crippen molar-refractivity contribution in [2.24, 2.45) is 5.73 Å². The van der Waals surface area contributed by atoms with Gasteiger partial charge in [-0.1, -0.05) is 0 Å². The Labute approximate surface area is 103 Å². The fourth-order valence-electron chi connectivity index (χ4n) is 1.89. The highest BCUT2D eigenvalue weighted by atomic mass is 16.5. The zero-order chi connectivity index (χ0) is 12.7. The molecule has 0 atom stereocenters. The quantitative estimate of drug-likeness (QED) is 0.787. The summed E-state index contributed by atoms with van der Waals surface area (Å²) in [5.74, 6) is 1.70. The first kappa shape index (κ1) is 13.8. The van der Waals surface area contributed by atoms with Crippen LogP contribution < -0.4 is 15.2 Å². The summed E-state index contributed by atoms with van der Waals surface area (Å²) in [6, 6.07) is 3.82. The molecule has 0 aromatic heterocycles. The summed E-state index contributed by atoms with van der Waals surface area (Å²) in [5.41, 5.74) is 7.73. The molecular weight excluding hydrogens is 218 g/mol. The van der Waals surface area contributed by atoms with Crippen LogP contribution in [0.15, 0.2) is 12.1 Å². The normalized spacial score (nSPS) is 10.4. The van der Waals surface area contributed by atoms with Crippen molar-refractivity contribution < 1.29 is 14.2 Å². The second-order valence-corrected chi connectivity index (χ2v) is 3.75. The van der Waals surface area contributed by atoms with Crippen molar-refractivity contribution in [2.45, 2.75) is 19.4 Å². The zero-order valence-electron chi connectivity index (χ0n) is 10.8. The first-order chi connectivity index (χ1) is 8.28. The van der Waals surface area contributed by atoms with E-state index in [1.54, 1.807) is 21.3 Å². The fourth-order valence-corrected chi connectivity index (χ4v) is 1.89. The molecule has 4 heteroatoms. The summed E-state index contributed by atoms with van der Waals surface area (Å²) < 4.78 is 16.0. The number of methoxy groups -OCH3 is 3. The Bertz CT molecular complexity index is 353. The minimum atomic E-state index is 0.514. The third kappa shape index (κ3) is 3.35. The van der Waals surface area contributed by atoms with E-state index in [2.05, 4.69) is 0 Å². The fraction of sp³-hybridized carbons (Fsp3) is 0.538. The lowest BCUT2D eigenvalue weighted by atomic mass is 10.0. The molecule has 0 saturated carbocycles. The summed E-state index contributed by atoms with van der Waals surface area (Å²) in [4.78, 5) is 0. The molecule has 0 spiro atoms. The highest BCUT2D eigenvalue weighted by Crippen LogP contribution is 2.31. The highest BCUT2D eigenvalue weighted by Gasteiger charge is 2.14. The van der Waals surface area contributed by atoms with E-state index in [9.17, 15) is 0 Å². The van der Waals surface area contributed by atoms with E-state index in [1.165, 1.54) is 0 Å². The number of rotatable bonds is 7. The molecule has 1 rings (SSSR count). The van der Waals surface area contributed by atoms with Crippen LogP contribution in [-0.2, 0) is 17.8 Å². The van der Waals surface area contributed by atoms with Crippen molar-refractivity contribution in [3.8, 4) is 11.5 Å². The van der Waals surface area contributed by atoms with E-state index in [-0.39, 0.29) is 0 Å². The van der Waals surface area contributed by atoms with Crippen LogP contribution in [0.4, 0.5) is 0 Å². The third-order valence-corrected chi connectivity index (χ3v) is 2.70. The van der Waals surface area contributed by atoms with Crippen LogP contribution in [0, 0.1) is 0 Å². The Hall–Kier alpha value is -1.26. The third-order valence-electron chi connectivity index (χ3n) is 2.70. The average molecular weight is 239 g/mol. The molecule has 0 fully saturated rings. The van der Waals surface area contributed by atoms with Gasteiger partial charge in [-0.3, -0.25) is 0 Å². The molecule has 0 unspecified atom stereocenters. The van der Waals surface area contributed by atoms with E-state index in [4.69, 9.17) is 19.9 Å². The molecule has 1 aromatic rings. The molecule has 0 aliphatic carbocycles. The van der Waals surface area contributed by atoms with Crippen molar-refractivity contribution in [2.75, 3.05) is 27.9 Å². The number of nitrogens with two attached hydrogens (primary N) is 1. The molecule has 0 aliphatic heterocycles. The largest absolute Gasteiger partial charge is 0.496 e. The lowest BCUT2D eigenvalue weighted by molar-refractivity contribution is 0.180. The van der Waals surface area contributed by atoms with Gasteiger partial charge in [-0.15, -0.1) is 0 Å². The molecule has 0 amide bonds.